The topological polar surface area (TPSA) is 114 Å². The van der Waals surface area contributed by atoms with Gasteiger partial charge < -0.3 is 15.0 Å². The molecule has 1 heterocycles. The van der Waals surface area contributed by atoms with Crippen molar-refractivity contribution in [1.29, 1.82) is 0 Å². The molecule has 0 bridgehead atoms. The molecular weight excluding hydrogens is 278 g/mol. The molecule has 1 aromatic rings. The van der Waals surface area contributed by atoms with Crippen molar-refractivity contribution in [1.82, 2.24) is 9.88 Å². The fourth-order valence-corrected chi connectivity index (χ4v) is 1.93. The lowest BCUT2D eigenvalue weighted by atomic mass is 10.1. The number of unbranched alkanes of at least 4 members (excludes halogenated alkanes) is 4. The summed E-state index contributed by atoms with van der Waals surface area (Å²) in [5, 5.41) is 21.3. The van der Waals surface area contributed by atoms with E-state index in [1.165, 1.54) is 22.9 Å². The predicted octanol–water partition coefficient (Wildman–Crippen LogP) is 1.97. The van der Waals surface area contributed by atoms with Crippen LogP contribution in [0.3, 0.4) is 0 Å². The lowest BCUT2D eigenvalue weighted by Crippen LogP contribution is -2.21. The van der Waals surface area contributed by atoms with Gasteiger partial charge in [-0.2, -0.15) is 0 Å². The van der Waals surface area contributed by atoms with E-state index < -0.39 is 11.0 Å². The van der Waals surface area contributed by atoms with Crippen LogP contribution in [-0.2, 0) is 6.54 Å². The average molecular weight is 297 g/mol. The van der Waals surface area contributed by atoms with Gasteiger partial charge in [0.1, 0.15) is 0 Å². The van der Waals surface area contributed by atoms with Crippen molar-refractivity contribution in [2.24, 2.45) is 0 Å². The molecule has 0 saturated carbocycles. The highest BCUT2D eigenvalue weighted by molar-refractivity contribution is 5.64. The maximum absolute atomic E-state index is 11.5. The van der Waals surface area contributed by atoms with Gasteiger partial charge >= 0.3 is 6.09 Å². The van der Waals surface area contributed by atoms with E-state index in [1.54, 1.807) is 0 Å². The monoisotopic (exact) mass is 297 g/mol. The summed E-state index contributed by atoms with van der Waals surface area (Å²) in [4.78, 5) is 31.9. The molecule has 116 valence electrons. The zero-order valence-electron chi connectivity index (χ0n) is 11.7. The smallest absolute Gasteiger partial charge is 0.404 e. The summed E-state index contributed by atoms with van der Waals surface area (Å²) in [5.41, 5.74) is -0.333. The first kappa shape index (κ1) is 16.7. The minimum atomic E-state index is -1.01. The van der Waals surface area contributed by atoms with E-state index in [0.29, 0.717) is 13.1 Å². The number of nitrogens with zero attached hydrogens (tertiary/aromatic N) is 2. The molecule has 0 saturated heterocycles. The first-order chi connectivity index (χ1) is 10.0. The van der Waals surface area contributed by atoms with Gasteiger partial charge in [0, 0.05) is 25.2 Å². The third-order valence-corrected chi connectivity index (χ3v) is 3.03. The van der Waals surface area contributed by atoms with Crippen LogP contribution < -0.4 is 10.9 Å². The highest BCUT2D eigenvalue weighted by atomic mass is 16.6. The van der Waals surface area contributed by atoms with Crippen LogP contribution in [0, 0.1) is 10.1 Å². The van der Waals surface area contributed by atoms with Crippen molar-refractivity contribution in [3.63, 3.8) is 0 Å². The van der Waals surface area contributed by atoms with Crippen molar-refractivity contribution < 1.29 is 14.8 Å². The van der Waals surface area contributed by atoms with Crippen LogP contribution in [0.2, 0.25) is 0 Å². The number of carbonyl (C=O) groups is 1. The first-order valence-electron chi connectivity index (χ1n) is 6.82. The number of aryl methyl sites for hydroxylation is 1. The Hall–Kier alpha value is -2.38. The van der Waals surface area contributed by atoms with E-state index >= 15 is 0 Å². The Morgan fingerprint density at radius 3 is 2.57 bits per heavy atom. The largest absolute Gasteiger partial charge is 0.465 e. The molecule has 0 spiro atoms. The number of hydrogen-bond donors (Lipinski definition) is 2. The van der Waals surface area contributed by atoms with Gasteiger partial charge in [-0.3, -0.25) is 14.9 Å². The molecule has 1 aromatic heterocycles. The number of pyridine rings is 1. The second-order valence-electron chi connectivity index (χ2n) is 4.68. The number of aromatic nitrogens is 1. The molecule has 2 N–H and O–H groups in total. The van der Waals surface area contributed by atoms with Gasteiger partial charge in [0.25, 0.3) is 11.2 Å². The molecule has 1 amide bonds. The van der Waals surface area contributed by atoms with Crippen molar-refractivity contribution in [2.45, 2.75) is 38.6 Å². The fraction of sp³-hybridized carbons (Fsp3) is 0.538. The Morgan fingerprint density at radius 1 is 1.24 bits per heavy atom. The predicted molar refractivity (Wildman–Crippen MR) is 76.5 cm³/mol. The van der Waals surface area contributed by atoms with Crippen LogP contribution in [0.4, 0.5) is 10.5 Å². The molecule has 1 rings (SSSR count). The minimum absolute atomic E-state index is 0.0886. The zero-order valence-corrected chi connectivity index (χ0v) is 11.7. The number of amides is 1. The minimum Gasteiger partial charge on any atom is -0.465 e. The van der Waals surface area contributed by atoms with E-state index in [0.717, 1.165) is 32.1 Å². The van der Waals surface area contributed by atoms with E-state index in [1.807, 2.05) is 0 Å². The molecule has 0 aliphatic rings. The van der Waals surface area contributed by atoms with Crippen molar-refractivity contribution in [3.8, 4) is 0 Å². The molecule has 21 heavy (non-hydrogen) atoms. The summed E-state index contributed by atoms with van der Waals surface area (Å²) in [6.07, 6.45) is 4.52. The van der Waals surface area contributed by atoms with Gasteiger partial charge in [-0.25, -0.2) is 4.79 Å². The van der Waals surface area contributed by atoms with Crippen LogP contribution in [0.5, 0.6) is 0 Å². The average Bonchev–Trinajstić information content (AvgIpc) is 2.43. The molecule has 0 aromatic carbocycles. The van der Waals surface area contributed by atoms with Crippen molar-refractivity contribution in [2.75, 3.05) is 6.54 Å². The van der Waals surface area contributed by atoms with Crippen LogP contribution in [0.15, 0.2) is 23.1 Å². The second-order valence-corrected chi connectivity index (χ2v) is 4.68. The summed E-state index contributed by atoms with van der Waals surface area (Å²) >= 11 is 0. The molecule has 0 radical (unpaired) electrons. The molecule has 0 unspecified atom stereocenters. The maximum Gasteiger partial charge on any atom is 0.404 e. The molecule has 0 aliphatic carbocycles. The normalized spacial score (nSPS) is 10.3. The van der Waals surface area contributed by atoms with E-state index in [9.17, 15) is 19.7 Å². The SMILES string of the molecule is O=C(O)NCCCCCCCn1cc([N+](=O)[O-])ccc1=O. The summed E-state index contributed by atoms with van der Waals surface area (Å²) in [5.74, 6) is 0. The fourth-order valence-electron chi connectivity index (χ4n) is 1.93. The van der Waals surface area contributed by atoms with Gasteiger partial charge in [-0.05, 0) is 12.8 Å². The van der Waals surface area contributed by atoms with Crippen LogP contribution in [0.25, 0.3) is 0 Å². The summed E-state index contributed by atoms with van der Waals surface area (Å²) in [6, 6.07) is 2.41. The van der Waals surface area contributed by atoms with Gasteiger partial charge in [0.05, 0.1) is 11.1 Å². The number of hydrogen-bond acceptors (Lipinski definition) is 4. The first-order valence-corrected chi connectivity index (χ1v) is 6.82. The third-order valence-electron chi connectivity index (χ3n) is 3.03. The number of carboxylic acid groups (broad SMARTS) is 1. The quantitative estimate of drug-likeness (QED) is 0.411. The van der Waals surface area contributed by atoms with Crippen LogP contribution in [0.1, 0.15) is 32.1 Å². The third kappa shape index (κ3) is 6.55. The van der Waals surface area contributed by atoms with E-state index in [2.05, 4.69) is 5.32 Å². The molecule has 0 atom stereocenters. The molecule has 0 fully saturated rings. The molecule has 0 aliphatic heterocycles. The second kappa shape index (κ2) is 8.72. The lowest BCUT2D eigenvalue weighted by Gasteiger charge is -2.05. The van der Waals surface area contributed by atoms with Gasteiger partial charge in [0.2, 0.25) is 0 Å². The van der Waals surface area contributed by atoms with Crippen molar-refractivity contribution >= 4 is 11.8 Å². The summed E-state index contributed by atoms with van der Waals surface area (Å²) < 4.78 is 1.35. The van der Waals surface area contributed by atoms with Gasteiger partial charge in [-0.1, -0.05) is 19.3 Å². The zero-order chi connectivity index (χ0) is 15.7. The number of nitrogens with one attached hydrogen (secondary N) is 1. The number of rotatable bonds is 9. The number of nitro groups is 1. The maximum atomic E-state index is 11.5. The summed E-state index contributed by atoms with van der Waals surface area (Å²) in [7, 11) is 0. The van der Waals surface area contributed by atoms with Gasteiger partial charge in [0.15, 0.2) is 0 Å². The Kier molecular flexibility index (Phi) is 6.93. The highest BCUT2D eigenvalue weighted by Crippen LogP contribution is 2.08. The van der Waals surface area contributed by atoms with E-state index in [-0.39, 0.29) is 11.2 Å². The van der Waals surface area contributed by atoms with E-state index in [4.69, 9.17) is 5.11 Å². The van der Waals surface area contributed by atoms with Crippen LogP contribution in [-0.4, -0.2) is 27.2 Å². The Labute approximate surface area is 121 Å². The molecular formula is C13H19N3O5. The standard InChI is InChI=1S/C13H19N3O5/c17-12-7-6-11(16(20)21)10-15(12)9-5-3-1-2-4-8-14-13(18)19/h6-7,10,14H,1-5,8-9H2,(H,18,19). The van der Waals surface area contributed by atoms with Gasteiger partial charge in [-0.15, -0.1) is 0 Å². The molecule has 8 nitrogen and oxygen atoms in total. The molecule has 8 heteroatoms. The van der Waals surface area contributed by atoms with Crippen LogP contribution >= 0.6 is 0 Å². The Bertz CT molecular complexity index is 541. The lowest BCUT2D eigenvalue weighted by molar-refractivity contribution is -0.385. The highest BCUT2D eigenvalue weighted by Gasteiger charge is 2.07. The summed E-state index contributed by atoms with van der Waals surface area (Å²) in [6.45, 7) is 0.896. The Balaban J connectivity index is 2.24. The van der Waals surface area contributed by atoms with Crippen molar-refractivity contribution in [3.05, 3.63) is 38.8 Å². The Morgan fingerprint density at radius 2 is 1.90 bits per heavy atom.